The number of aliphatic hydroxyl groups is 1. The SMILES string of the molecule is C=CCOc1ccc(/C(O)=C2\C(=O)C(=O)N(CCN(C)C)C2c2ccccc2OC)cc1. The van der Waals surface area contributed by atoms with Crippen molar-refractivity contribution in [2.75, 3.05) is 40.9 Å². The predicted molar refractivity (Wildman–Crippen MR) is 123 cm³/mol. The number of Topliss-reactive ketones (excluding diaryl/α,β-unsaturated/α-hetero) is 1. The topological polar surface area (TPSA) is 79.3 Å². The molecule has 0 radical (unpaired) electrons. The summed E-state index contributed by atoms with van der Waals surface area (Å²) in [6.45, 7) is 4.86. The second-order valence-corrected chi connectivity index (χ2v) is 7.66. The number of para-hydroxylation sites is 1. The van der Waals surface area contributed by atoms with Gasteiger partial charge in [0.1, 0.15) is 23.9 Å². The summed E-state index contributed by atoms with van der Waals surface area (Å²) in [5.41, 5.74) is 1.10. The molecule has 1 fully saturated rings. The number of methoxy groups -OCH3 is 1. The van der Waals surface area contributed by atoms with E-state index in [4.69, 9.17) is 9.47 Å². The van der Waals surface area contributed by atoms with Gasteiger partial charge in [0.15, 0.2) is 0 Å². The summed E-state index contributed by atoms with van der Waals surface area (Å²) < 4.78 is 11.0. The molecule has 2 aromatic rings. The summed E-state index contributed by atoms with van der Waals surface area (Å²) in [6.07, 6.45) is 1.64. The molecule has 7 nitrogen and oxygen atoms in total. The van der Waals surface area contributed by atoms with Gasteiger partial charge in [0.25, 0.3) is 11.7 Å². The molecule has 0 aliphatic carbocycles. The van der Waals surface area contributed by atoms with Gasteiger partial charge in [-0.2, -0.15) is 0 Å². The highest BCUT2D eigenvalue weighted by Gasteiger charge is 2.46. The predicted octanol–water partition coefficient (Wildman–Crippen LogP) is 3.24. The van der Waals surface area contributed by atoms with E-state index < -0.39 is 17.7 Å². The van der Waals surface area contributed by atoms with Gasteiger partial charge >= 0.3 is 0 Å². The maximum atomic E-state index is 13.1. The quantitative estimate of drug-likeness (QED) is 0.281. The number of hydrogen-bond acceptors (Lipinski definition) is 6. The van der Waals surface area contributed by atoms with Crippen molar-refractivity contribution >= 4 is 17.4 Å². The first-order valence-corrected chi connectivity index (χ1v) is 10.3. The van der Waals surface area contributed by atoms with E-state index in [1.54, 1.807) is 42.5 Å². The summed E-state index contributed by atoms with van der Waals surface area (Å²) in [4.78, 5) is 29.5. The van der Waals surface area contributed by atoms with Gasteiger partial charge in [-0.15, -0.1) is 0 Å². The minimum Gasteiger partial charge on any atom is -0.507 e. The smallest absolute Gasteiger partial charge is 0.295 e. The van der Waals surface area contributed by atoms with E-state index in [0.717, 1.165) is 0 Å². The van der Waals surface area contributed by atoms with Gasteiger partial charge in [-0.05, 0) is 44.4 Å². The van der Waals surface area contributed by atoms with Crippen LogP contribution in [0.15, 0.2) is 66.8 Å². The van der Waals surface area contributed by atoms with E-state index in [-0.39, 0.29) is 11.3 Å². The molecule has 7 heteroatoms. The molecule has 1 amide bonds. The Labute approximate surface area is 188 Å². The Hall–Kier alpha value is -3.58. The average molecular weight is 437 g/mol. The third-order valence-electron chi connectivity index (χ3n) is 5.26. The van der Waals surface area contributed by atoms with Crippen molar-refractivity contribution < 1.29 is 24.2 Å². The molecule has 1 unspecified atom stereocenters. The van der Waals surface area contributed by atoms with Crippen molar-refractivity contribution in [3.63, 3.8) is 0 Å². The lowest BCUT2D eigenvalue weighted by Gasteiger charge is -2.27. The number of benzene rings is 2. The Morgan fingerprint density at radius 3 is 2.47 bits per heavy atom. The first-order valence-electron chi connectivity index (χ1n) is 10.3. The first kappa shape index (κ1) is 23.1. The molecule has 1 saturated heterocycles. The monoisotopic (exact) mass is 436 g/mol. The number of aliphatic hydroxyl groups excluding tert-OH is 1. The molecule has 2 aromatic carbocycles. The zero-order valence-electron chi connectivity index (χ0n) is 18.6. The summed E-state index contributed by atoms with van der Waals surface area (Å²) in [5, 5.41) is 11.1. The van der Waals surface area contributed by atoms with E-state index in [1.807, 2.05) is 31.1 Å². The lowest BCUT2D eigenvalue weighted by Crippen LogP contribution is -2.35. The van der Waals surface area contributed by atoms with Gasteiger partial charge < -0.3 is 24.4 Å². The Balaban J connectivity index is 2.10. The van der Waals surface area contributed by atoms with Crippen LogP contribution in [0.2, 0.25) is 0 Å². The second kappa shape index (κ2) is 10.2. The highest BCUT2D eigenvalue weighted by atomic mass is 16.5. The fourth-order valence-corrected chi connectivity index (χ4v) is 3.65. The summed E-state index contributed by atoms with van der Waals surface area (Å²) in [6, 6.07) is 13.1. The van der Waals surface area contributed by atoms with Gasteiger partial charge in [-0.1, -0.05) is 30.9 Å². The van der Waals surface area contributed by atoms with Crippen LogP contribution in [-0.2, 0) is 9.59 Å². The number of likely N-dealkylation sites (N-methyl/N-ethyl adjacent to an activating group) is 1. The Kier molecular flexibility index (Phi) is 7.33. The number of rotatable bonds is 9. The number of carbonyl (C=O) groups is 2. The van der Waals surface area contributed by atoms with Crippen LogP contribution in [-0.4, -0.2) is 67.5 Å². The number of amides is 1. The molecule has 1 aliphatic rings. The first-order chi connectivity index (χ1) is 15.4. The summed E-state index contributed by atoms with van der Waals surface area (Å²) in [5.74, 6) is -0.455. The molecule has 0 bridgehead atoms. The molecule has 168 valence electrons. The van der Waals surface area contributed by atoms with Gasteiger partial charge in [0.2, 0.25) is 0 Å². The van der Waals surface area contributed by atoms with E-state index >= 15 is 0 Å². The lowest BCUT2D eigenvalue weighted by molar-refractivity contribution is -0.140. The average Bonchev–Trinajstić information content (AvgIpc) is 3.05. The molecular formula is C25H28N2O5. The molecule has 3 rings (SSSR count). The second-order valence-electron chi connectivity index (χ2n) is 7.66. The molecule has 1 N–H and O–H groups in total. The third-order valence-corrected chi connectivity index (χ3v) is 5.26. The molecule has 1 aliphatic heterocycles. The Morgan fingerprint density at radius 2 is 1.84 bits per heavy atom. The van der Waals surface area contributed by atoms with Crippen molar-refractivity contribution in [2.24, 2.45) is 0 Å². The van der Waals surface area contributed by atoms with Gasteiger partial charge in [0, 0.05) is 24.2 Å². The number of ether oxygens (including phenoxy) is 2. The molecule has 0 saturated carbocycles. The van der Waals surface area contributed by atoms with Crippen molar-refractivity contribution in [2.45, 2.75) is 6.04 Å². The van der Waals surface area contributed by atoms with E-state index in [2.05, 4.69) is 6.58 Å². The Morgan fingerprint density at radius 1 is 1.16 bits per heavy atom. The fraction of sp³-hybridized carbons (Fsp3) is 0.280. The van der Waals surface area contributed by atoms with Gasteiger partial charge in [-0.25, -0.2) is 0 Å². The van der Waals surface area contributed by atoms with E-state index in [9.17, 15) is 14.7 Å². The number of hydrogen-bond donors (Lipinski definition) is 1. The van der Waals surface area contributed by atoms with E-state index in [0.29, 0.717) is 42.3 Å². The largest absolute Gasteiger partial charge is 0.507 e. The van der Waals surface area contributed by atoms with Crippen LogP contribution in [0.1, 0.15) is 17.2 Å². The number of ketones is 1. The summed E-state index contributed by atoms with van der Waals surface area (Å²) >= 11 is 0. The normalized spacial score (nSPS) is 17.6. The van der Waals surface area contributed by atoms with Crippen LogP contribution < -0.4 is 9.47 Å². The highest BCUT2D eigenvalue weighted by molar-refractivity contribution is 6.46. The van der Waals surface area contributed by atoms with Crippen molar-refractivity contribution in [3.8, 4) is 11.5 Å². The number of likely N-dealkylation sites (tertiary alicyclic amines) is 1. The molecule has 0 spiro atoms. The zero-order valence-corrected chi connectivity index (χ0v) is 18.6. The minimum absolute atomic E-state index is 0.0398. The van der Waals surface area contributed by atoms with Crippen LogP contribution in [0.4, 0.5) is 0 Å². The third kappa shape index (κ3) is 4.68. The Bertz CT molecular complexity index is 1030. The van der Waals surface area contributed by atoms with Crippen molar-refractivity contribution in [1.82, 2.24) is 9.80 Å². The standard InChI is InChI=1S/C25H28N2O5/c1-5-16-32-18-12-10-17(11-13-18)23(28)21-22(19-8-6-7-9-20(19)31-4)27(15-14-26(2)3)25(30)24(21)29/h5-13,22,28H,1,14-16H2,2-4H3/b23-21+. The van der Waals surface area contributed by atoms with Crippen LogP contribution in [0, 0.1) is 0 Å². The molecular weight excluding hydrogens is 408 g/mol. The van der Waals surface area contributed by atoms with Crippen LogP contribution in [0.25, 0.3) is 5.76 Å². The van der Waals surface area contributed by atoms with Crippen molar-refractivity contribution in [3.05, 3.63) is 77.9 Å². The molecule has 0 aromatic heterocycles. The minimum atomic E-state index is -0.761. The van der Waals surface area contributed by atoms with Gasteiger partial charge in [-0.3, -0.25) is 9.59 Å². The zero-order chi connectivity index (χ0) is 23.3. The number of carbonyl (C=O) groups excluding carboxylic acids is 2. The van der Waals surface area contributed by atoms with Crippen molar-refractivity contribution in [1.29, 1.82) is 0 Å². The highest BCUT2D eigenvalue weighted by Crippen LogP contribution is 2.42. The maximum Gasteiger partial charge on any atom is 0.295 e. The van der Waals surface area contributed by atoms with Crippen LogP contribution >= 0.6 is 0 Å². The maximum absolute atomic E-state index is 13.1. The van der Waals surface area contributed by atoms with E-state index in [1.165, 1.54) is 12.0 Å². The van der Waals surface area contributed by atoms with Crippen LogP contribution in [0.3, 0.4) is 0 Å². The lowest BCUT2D eigenvalue weighted by atomic mass is 9.94. The molecule has 1 heterocycles. The van der Waals surface area contributed by atoms with Gasteiger partial charge in [0.05, 0.1) is 18.7 Å². The fourth-order valence-electron chi connectivity index (χ4n) is 3.65. The molecule has 32 heavy (non-hydrogen) atoms. The van der Waals surface area contributed by atoms with Crippen LogP contribution in [0.5, 0.6) is 11.5 Å². The summed E-state index contributed by atoms with van der Waals surface area (Å²) in [7, 11) is 5.32. The number of nitrogens with zero attached hydrogens (tertiary/aromatic N) is 2. The molecule has 1 atom stereocenters.